The van der Waals surface area contributed by atoms with Gasteiger partial charge in [0, 0.05) is 20.2 Å². The number of rotatable bonds is 13. The van der Waals surface area contributed by atoms with Crippen molar-refractivity contribution in [1.82, 2.24) is 9.62 Å². The lowest BCUT2D eigenvalue weighted by Gasteiger charge is -2.41. The predicted molar refractivity (Wildman–Crippen MR) is 144 cm³/mol. The molecule has 37 heavy (non-hydrogen) atoms. The Morgan fingerprint density at radius 2 is 1.68 bits per heavy atom. The van der Waals surface area contributed by atoms with E-state index in [1.165, 1.54) is 16.4 Å². The highest BCUT2D eigenvalue weighted by atomic mass is 32.2. The first-order chi connectivity index (χ1) is 17.6. The Labute approximate surface area is 221 Å². The Bertz CT molecular complexity index is 1110. The summed E-state index contributed by atoms with van der Waals surface area (Å²) in [7, 11) is -2.34. The molecular formula is C28H41N3O5S. The van der Waals surface area contributed by atoms with E-state index in [0.29, 0.717) is 31.6 Å². The van der Waals surface area contributed by atoms with Crippen LogP contribution in [0.1, 0.15) is 45.1 Å². The number of nitrogens with one attached hydrogen (secondary N) is 1. The van der Waals surface area contributed by atoms with E-state index in [1.54, 1.807) is 32.2 Å². The van der Waals surface area contributed by atoms with E-state index in [2.05, 4.69) is 5.32 Å². The van der Waals surface area contributed by atoms with Crippen LogP contribution < -0.4 is 11.1 Å². The van der Waals surface area contributed by atoms with Crippen LogP contribution >= 0.6 is 0 Å². The third-order valence-electron chi connectivity index (χ3n) is 7.55. The number of hydrogen-bond donors (Lipinski definition) is 3. The minimum absolute atomic E-state index is 0.133. The fraction of sp³-hybridized carbons (Fsp3) is 0.536. The van der Waals surface area contributed by atoms with E-state index in [-0.39, 0.29) is 29.8 Å². The second-order valence-corrected chi connectivity index (χ2v) is 12.4. The lowest BCUT2D eigenvalue weighted by Crippen LogP contribution is -2.59. The highest BCUT2D eigenvalue weighted by Crippen LogP contribution is 2.40. The number of ether oxygens (including phenoxy) is 1. The van der Waals surface area contributed by atoms with E-state index in [1.807, 2.05) is 37.3 Å². The first-order valence-electron chi connectivity index (χ1n) is 12.9. The van der Waals surface area contributed by atoms with Crippen LogP contribution in [0.3, 0.4) is 0 Å². The molecule has 0 aromatic heterocycles. The molecule has 0 spiro atoms. The van der Waals surface area contributed by atoms with Crippen molar-refractivity contribution in [2.45, 2.75) is 56.1 Å². The maximum absolute atomic E-state index is 13.7. The van der Waals surface area contributed by atoms with Gasteiger partial charge in [-0.05, 0) is 49.9 Å². The molecule has 1 aliphatic carbocycles. The van der Waals surface area contributed by atoms with Crippen molar-refractivity contribution >= 4 is 15.9 Å². The smallest absolute Gasteiger partial charge is 0.243 e. The molecule has 2 aromatic carbocycles. The van der Waals surface area contributed by atoms with Gasteiger partial charge < -0.3 is 20.9 Å². The standard InChI is InChI=1S/C28H41N3O5S/c1-22(18-29)19-31(37(34,35)24-14-8-5-9-15-24)20-25(32)27(2,23-12-6-4-7-13-23)30-26(33)28(21-36-3)16-10-11-17-28/h4-9,12-15,22,25,32H,10-11,16-21,29H2,1-3H3,(H,30,33)/t22?,25-,27+/m1/s1. The van der Waals surface area contributed by atoms with Gasteiger partial charge in [-0.15, -0.1) is 0 Å². The molecule has 9 heteroatoms. The average Bonchev–Trinajstić information content (AvgIpc) is 3.39. The number of nitrogens with two attached hydrogens (primary N) is 1. The summed E-state index contributed by atoms with van der Waals surface area (Å²) < 4.78 is 33.9. The monoisotopic (exact) mass is 531 g/mol. The first-order valence-corrected chi connectivity index (χ1v) is 14.3. The summed E-state index contributed by atoms with van der Waals surface area (Å²) in [6.45, 7) is 4.12. The zero-order valence-electron chi connectivity index (χ0n) is 22.1. The van der Waals surface area contributed by atoms with Crippen LogP contribution in [-0.2, 0) is 25.1 Å². The van der Waals surface area contributed by atoms with Gasteiger partial charge in [0.05, 0.1) is 28.6 Å². The van der Waals surface area contributed by atoms with E-state index in [0.717, 1.165) is 12.8 Å². The Balaban J connectivity index is 1.98. The van der Waals surface area contributed by atoms with Crippen LogP contribution in [0.4, 0.5) is 0 Å². The van der Waals surface area contributed by atoms with E-state index >= 15 is 0 Å². The van der Waals surface area contributed by atoms with E-state index in [9.17, 15) is 18.3 Å². The maximum atomic E-state index is 13.7. The molecule has 0 aliphatic heterocycles. The van der Waals surface area contributed by atoms with Crippen molar-refractivity contribution in [2.75, 3.05) is 33.4 Å². The minimum Gasteiger partial charge on any atom is -0.389 e. The minimum atomic E-state index is -3.92. The number of amides is 1. The van der Waals surface area contributed by atoms with Gasteiger partial charge in [-0.2, -0.15) is 4.31 Å². The Morgan fingerprint density at radius 1 is 1.11 bits per heavy atom. The molecule has 1 saturated carbocycles. The molecule has 4 N–H and O–H groups in total. The van der Waals surface area contributed by atoms with Crippen LogP contribution in [0, 0.1) is 11.3 Å². The summed E-state index contributed by atoms with van der Waals surface area (Å²) in [5.74, 6) is -0.322. The molecule has 3 rings (SSSR count). The summed E-state index contributed by atoms with van der Waals surface area (Å²) in [6.07, 6.45) is 2.03. The molecule has 0 heterocycles. The Kier molecular flexibility index (Phi) is 9.88. The summed E-state index contributed by atoms with van der Waals surface area (Å²) >= 11 is 0. The molecule has 2 aromatic rings. The topological polar surface area (TPSA) is 122 Å². The molecule has 1 aliphatic rings. The molecule has 0 saturated heterocycles. The molecule has 204 valence electrons. The number of carbonyl (C=O) groups excluding carboxylic acids is 1. The maximum Gasteiger partial charge on any atom is 0.243 e. The van der Waals surface area contributed by atoms with Crippen LogP contribution in [0.5, 0.6) is 0 Å². The van der Waals surface area contributed by atoms with E-state index in [4.69, 9.17) is 10.5 Å². The zero-order chi connectivity index (χ0) is 27.1. The van der Waals surface area contributed by atoms with Crippen LogP contribution in [-0.4, -0.2) is 63.2 Å². The number of aliphatic hydroxyl groups excluding tert-OH is 1. The summed E-state index contributed by atoms with van der Waals surface area (Å²) in [5.41, 5.74) is 4.60. The number of carbonyl (C=O) groups is 1. The van der Waals surface area contributed by atoms with Gasteiger partial charge in [-0.25, -0.2) is 8.42 Å². The zero-order valence-corrected chi connectivity index (χ0v) is 22.9. The van der Waals surface area contributed by atoms with Gasteiger partial charge in [0.2, 0.25) is 15.9 Å². The van der Waals surface area contributed by atoms with Gasteiger partial charge in [0.15, 0.2) is 0 Å². The van der Waals surface area contributed by atoms with Gasteiger partial charge in [0.1, 0.15) is 0 Å². The largest absolute Gasteiger partial charge is 0.389 e. The van der Waals surface area contributed by atoms with Gasteiger partial charge in [0.25, 0.3) is 0 Å². The third-order valence-corrected chi connectivity index (χ3v) is 9.40. The van der Waals surface area contributed by atoms with Crippen molar-refractivity contribution in [3.8, 4) is 0 Å². The first kappa shape index (κ1) is 29.3. The quantitative estimate of drug-likeness (QED) is 0.365. The lowest BCUT2D eigenvalue weighted by atomic mass is 9.81. The molecule has 1 amide bonds. The SMILES string of the molecule is COCC1(C(=O)N[C@@](C)(c2ccccc2)[C@H](O)CN(CC(C)CN)S(=O)(=O)c2ccccc2)CCCC1. The van der Waals surface area contributed by atoms with Gasteiger partial charge in [-0.3, -0.25) is 4.79 Å². The van der Waals surface area contributed by atoms with Crippen LogP contribution in [0.15, 0.2) is 65.6 Å². The number of hydrogen-bond acceptors (Lipinski definition) is 6. The van der Waals surface area contributed by atoms with Crippen molar-refractivity contribution in [1.29, 1.82) is 0 Å². The number of nitrogens with zero attached hydrogens (tertiary/aromatic N) is 1. The van der Waals surface area contributed by atoms with Crippen molar-refractivity contribution < 1.29 is 23.1 Å². The van der Waals surface area contributed by atoms with Crippen molar-refractivity contribution in [3.05, 3.63) is 66.2 Å². The van der Waals surface area contributed by atoms with Crippen molar-refractivity contribution in [2.24, 2.45) is 17.1 Å². The number of methoxy groups -OCH3 is 1. The lowest BCUT2D eigenvalue weighted by molar-refractivity contribution is -0.137. The van der Waals surface area contributed by atoms with Crippen LogP contribution in [0.2, 0.25) is 0 Å². The second-order valence-electron chi connectivity index (χ2n) is 10.4. The fourth-order valence-corrected chi connectivity index (χ4v) is 6.66. The number of aliphatic hydroxyl groups is 1. The normalized spacial score (nSPS) is 18.8. The predicted octanol–water partition coefficient (Wildman–Crippen LogP) is 2.87. The number of benzene rings is 2. The van der Waals surface area contributed by atoms with Crippen LogP contribution in [0.25, 0.3) is 0 Å². The summed E-state index contributed by atoms with van der Waals surface area (Å²) in [6, 6.07) is 17.3. The molecule has 0 radical (unpaired) electrons. The third kappa shape index (κ3) is 6.59. The highest BCUT2D eigenvalue weighted by Gasteiger charge is 2.46. The van der Waals surface area contributed by atoms with Crippen molar-refractivity contribution in [3.63, 3.8) is 0 Å². The molecule has 8 nitrogen and oxygen atoms in total. The molecule has 1 unspecified atom stereocenters. The second kappa shape index (κ2) is 12.5. The Hall–Kier alpha value is -2.30. The summed E-state index contributed by atoms with van der Waals surface area (Å²) in [5, 5.41) is 14.8. The van der Waals surface area contributed by atoms with Gasteiger partial charge >= 0.3 is 0 Å². The average molecular weight is 532 g/mol. The van der Waals surface area contributed by atoms with Gasteiger partial charge in [-0.1, -0.05) is 68.3 Å². The molecule has 0 bridgehead atoms. The molecule has 3 atom stereocenters. The van der Waals surface area contributed by atoms with E-state index < -0.39 is 27.1 Å². The molecule has 1 fully saturated rings. The Morgan fingerprint density at radius 3 is 2.22 bits per heavy atom. The fourth-order valence-electron chi connectivity index (χ4n) is 5.08. The molecular weight excluding hydrogens is 490 g/mol. The highest BCUT2D eigenvalue weighted by molar-refractivity contribution is 7.89. The summed E-state index contributed by atoms with van der Waals surface area (Å²) in [4.78, 5) is 13.9. The number of sulfonamides is 1.